The Balaban J connectivity index is 2.26. The van der Waals surface area contributed by atoms with Crippen LogP contribution in [-0.4, -0.2) is 44.7 Å². The maximum atomic E-state index is 12.5. The van der Waals surface area contributed by atoms with Crippen LogP contribution in [0.15, 0.2) is 53.4 Å². The van der Waals surface area contributed by atoms with Crippen LogP contribution < -0.4 is 0 Å². The van der Waals surface area contributed by atoms with Crippen molar-refractivity contribution < 1.29 is 22.7 Å². The van der Waals surface area contributed by atoms with Crippen molar-refractivity contribution >= 4 is 21.8 Å². The number of nitrogens with zero attached hydrogens (tertiary/aromatic N) is 1. The minimum Gasteiger partial charge on any atom is -0.451 e. The molecule has 2 aromatic rings. The van der Waals surface area contributed by atoms with Crippen LogP contribution in [0.2, 0.25) is 0 Å². The smallest absolute Gasteiger partial charge is 0.339 e. The van der Waals surface area contributed by atoms with Gasteiger partial charge in [0.05, 0.1) is 10.5 Å². The first-order valence-electron chi connectivity index (χ1n) is 7.98. The average Bonchev–Trinajstić information content (AvgIpc) is 2.61. The molecule has 1 atom stereocenters. The van der Waals surface area contributed by atoms with E-state index in [0.717, 1.165) is 4.31 Å². The second-order valence-electron chi connectivity index (χ2n) is 6.04. The van der Waals surface area contributed by atoms with E-state index in [2.05, 4.69) is 0 Å². The van der Waals surface area contributed by atoms with Crippen LogP contribution in [0.1, 0.15) is 33.2 Å². The standard InChI is InChI=1S/C19H21NO5S/c1-13-10-11-16(26(23,24)20(3)4)12-17(13)19(22)25-14(2)18(21)15-8-6-5-7-9-15/h5-12,14H,1-4H3. The van der Waals surface area contributed by atoms with Crippen molar-refractivity contribution in [3.63, 3.8) is 0 Å². The Morgan fingerprint density at radius 2 is 1.65 bits per heavy atom. The minimum atomic E-state index is -3.68. The van der Waals surface area contributed by atoms with Gasteiger partial charge in [-0.3, -0.25) is 4.79 Å². The predicted molar refractivity (Wildman–Crippen MR) is 97.7 cm³/mol. The van der Waals surface area contributed by atoms with Gasteiger partial charge in [0.1, 0.15) is 0 Å². The molecule has 6 nitrogen and oxygen atoms in total. The minimum absolute atomic E-state index is 0.0120. The number of ketones is 1. The molecule has 1 unspecified atom stereocenters. The maximum Gasteiger partial charge on any atom is 0.339 e. The molecule has 0 heterocycles. The van der Waals surface area contributed by atoms with Crippen molar-refractivity contribution in [1.82, 2.24) is 4.31 Å². The summed E-state index contributed by atoms with van der Waals surface area (Å²) in [6.45, 7) is 3.16. The Morgan fingerprint density at radius 1 is 1.04 bits per heavy atom. The third kappa shape index (κ3) is 4.17. The molecule has 2 rings (SSSR count). The van der Waals surface area contributed by atoms with Crippen molar-refractivity contribution in [3.8, 4) is 0 Å². The lowest BCUT2D eigenvalue weighted by molar-refractivity contribution is 0.0318. The van der Waals surface area contributed by atoms with E-state index < -0.39 is 22.1 Å². The fourth-order valence-electron chi connectivity index (χ4n) is 2.31. The summed E-state index contributed by atoms with van der Waals surface area (Å²) in [6.07, 6.45) is -0.988. The molecule has 0 radical (unpaired) electrons. The highest BCUT2D eigenvalue weighted by atomic mass is 32.2. The molecule has 2 aromatic carbocycles. The van der Waals surface area contributed by atoms with Crippen LogP contribution in [0.5, 0.6) is 0 Å². The number of hydrogen-bond acceptors (Lipinski definition) is 5. The van der Waals surface area contributed by atoms with Gasteiger partial charge in [0.2, 0.25) is 15.8 Å². The second kappa shape index (κ2) is 7.80. The first kappa shape index (κ1) is 19.8. The zero-order valence-electron chi connectivity index (χ0n) is 15.1. The van der Waals surface area contributed by atoms with E-state index in [9.17, 15) is 18.0 Å². The number of benzene rings is 2. The Hall–Kier alpha value is -2.51. The zero-order chi connectivity index (χ0) is 19.5. The van der Waals surface area contributed by atoms with Crippen LogP contribution in [0.4, 0.5) is 0 Å². The Bertz CT molecular complexity index is 920. The van der Waals surface area contributed by atoms with Crippen LogP contribution in [0, 0.1) is 6.92 Å². The van der Waals surface area contributed by atoms with E-state index in [1.54, 1.807) is 37.3 Å². The molecule has 0 aliphatic heterocycles. The van der Waals surface area contributed by atoms with Gasteiger partial charge >= 0.3 is 5.97 Å². The van der Waals surface area contributed by atoms with Crippen molar-refractivity contribution in [2.45, 2.75) is 24.8 Å². The summed E-state index contributed by atoms with van der Waals surface area (Å²) in [5.41, 5.74) is 1.11. The molecule has 0 aliphatic rings. The van der Waals surface area contributed by atoms with Gasteiger partial charge in [-0.05, 0) is 31.5 Å². The monoisotopic (exact) mass is 375 g/mol. The lowest BCUT2D eigenvalue weighted by Crippen LogP contribution is -2.25. The van der Waals surface area contributed by atoms with Gasteiger partial charge in [-0.25, -0.2) is 17.5 Å². The molecule has 0 aromatic heterocycles. The number of carbonyl (C=O) groups is 2. The van der Waals surface area contributed by atoms with Gasteiger partial charge in [-0.1, -0.05) is 36.4 Å². The number of Topliss-reactive ketones (excluding diaryl/α,β-unsaturated/α-hetero) is 1. The van der Waals surface area contributed by atoms with Crippen molar-refractivity contribution in [2.75, 3.05) is 14.1 Å². The number of ether oxygens (including phenoxy) is 1. The summed E-state index contributed by atoms with van der Waals surface area (Å²) in [7, 11) is -0.858. The molecule has 0 fully saturated rings. The first-order chi connectivity index (χ1) is 12.1. The maximum absolute atomic E-state index is 12.5. The molecule has 0 saturated carbocycles. The van der Waals surface area contributed by atoms with E-state index >= 15 is 0 Å². The highest BCUT2D eigenvalue weighted by molar-refractivity contribution is 7.89. The molecule has 138 valence electrons. The number of aryl methyl sites for hydroxylation is 1. The Kier molecular flexibility index (Phi) is 5.94. The topological polar surface area (TPSA) is 80.8 Å². The fourth-order valence-corrected chi connectivity index (χ4v) is 3.24. The summed E-state index contributed by atoms with van der Waals surface area (Å²) < 4.78 is 30.8. The lowest BCUT2D eigenvalue weighted by atomic mass is 10.1. The Labute approximate surface area is 153 Å². The van der Waals surface area contributed by atoms with E-state index in [1.807, 2.05) is 0 Å². The molecule has 26 heavy (non-hydrogen) atoms. The quantitative estimate of drug-likeness (QED) is 0.573. The average molecular weight is 375 g/mol. The van der Waals surface area contributed by atoms with Crippen molar-refractivity contribution in [1.29, 1.82) is 0 Å². The Morgan fingerprint density at radius 3 is 2.23 bits per heavy atom. The lowest BCUT2D eigenvalue weighted by Gasteiger charge is -2.15. The van der Waals surface area contributed by atoms with Crippen LogP contribution in [0.3, 0.4) is 0 Å². The highest BCUT2D eigenvalue weighted by Crippen LogP contribution is 2.20. The van der Waals surface area contributed by atoms with E-state index in [0.29, 0.717) is 11.1 Å². The van der Waals surface area contributed by atoms with Gasteiger partial charge in [-0.15, -0.1) is 0 Å². The predicted octanol–water partition coefficient (Wildman–Crippen LogP) is 2.67. The largest absolute Gasteiger partial charge is 0.451 e. The number of sulfonamides is 1. The van der Waals surface area contributed by atoms with Gasteiger partial charge in [0.15, 0.2) is 6.10 Å². The zero-order valence-corrected chi connectivity index (χ0v) is 15.9. The summed E-state index contributed by atoms with van der Waals surface area (Å²) in [5, 5.41) is 0. The summed E-state index contributed by atoms with van der Waals surface area (Å²) in [4.78, 5) is 24.8. The molecule has 7 heteroatoms. The molecular weight excluding hydrogens is 354 g/mol. The number of hydrogen-bond donors (Lipinski definition) is 0. The number of esters is 1. The summed E-state index contributed by atoms with van der Waals surface area (Å²) >= 11 is 0. The molecule has 0 N–H and O–H groups in total. The fraction of sp³-hybridized carbons (Fsp3) is 0.263. The SMILES string of the molecule is Cc1ccc(S(=O)(=O)N(C)C)cc1C(=O)OC(C)C(=O)c1ccccc1. The van der Waals surface area contributed by atoms with Gasteiger partial charge in [0, 0.05) is 19.7 Å². The van der Waals surface area contributed by atoms with Gasteiger partial charge in [0.25, 0.3) is 0 Å². The molecule has 0 saturated heterocycles. The van der Waals surface area contributed by atoms with E-state index in [-0.39, 0.29) is 16.2 Å². The van der Waals surface area contributed by atoms with Crippen molar-refractivity contribution in [2.24, 2.45) is 0 Å². The molecular formula is C19H21NO5S. The third-order valence-electron chi connectivity index (χ3n) is 3.92. The summed E-state index contributed by atoms with van der Waals surface area (Å²) in [5.74, 6) is -1.07. The van der Waals surface area contributed by atoms with E-state index in [1.165, 1.54) is 39.2 Å². The van der Waals surface area contributed by atoms with Crippen molar-refractivity contribution in [3.05, 3.63) is 65.2 Å². The molecule has 0 bridgehead atoms. The van der Waals surface area contributed by atoms with Crippen LogP contribution in [0.25, 0.3) is 0 Å². The van der Waals surface area contributed by atoms with E-state index in [4.69, 9.17) is 4.74 Å². The van der Waals surface area contributed by atoms with Gasteiger partial charge < -0.3 is 4.74 Å². The van der Waals surface area contributed by atoms with Crippen LogP contribution in [-0.2, 0) is 14.8 Å². The number of carbonyl (C=O) groups excluding carboxylic acids is 2. The highest BCUT2D eigenvalue weighted by Gasteiger charge is 2.24. The number of rotatable bonds is 6. The molecule has 0 spiro atoms. The normalized spacial score (nSPS) is 12.7. The van der Waals surface area contributed by atoms with Gasteiger partial charge in [-0.2, -0.15) is 0 Å². The molecule has 0 amide bonds. The first-order valence-corrected chi connectivity index (χ1v) is 9.42. The molecule has 0 aliphatic carbocycles. The third-order valence-corrected chi connectivity index (χ3v) is 5.73. The summed E-state index contributed by atoms with van der Waals surface area (Å²) in [6, 6.07) is 12.8. The second-order valence-corrected chi connectivity index (χ2v) is 8.19. The van der Waals surface area contributed by atoms with Crippen LogP contribution >= 0.6 is 0 Å².